The molecule has 16 heavy (non-hydrogen) atoms. The maximum atomic E-state index is 10.9. The van der Waals surface area contributed by atoms with Crippen LogP contribution in [-0.4, -0.2) is 18.1 Å². The number of rotatable bonds is 2. The molecular formula is C11H8ClNO2S. The third-order valence-electron chi connectivity index (χ3n) is 2.00. The summed E-state index contributed by atoms with van der Waals surface area (Å²) in [5.74, 6) is -0.373. The van der Waals surface area contributed by atoms with E-state index >= 15 is 0 Å². The molecule has 2 rings (SSSR count). The van der Waals surface area contributed by atoms with Gasteiger partial charge in [-0.15, -0.1) is 11.3 Å². The average Bonchev–Trinajstić information content (AvgIpc) is 2.65. The molecule has 0 saturated heterocycles. The van der Waals surface area contributed by atoms with Gasteiger partial charge in [0.2, 0.25) is 0 Å². The zero-order valence-corrected chi connectivity index (χ0v) is 10.0. The first-order valence-electron chi connectivity index (χ1n) is 4.51. The molecule has 0 unspecified atom stereocenters. The van der Waals surface area contributed by atoms with Crippen molar-refractivity contribution in [2.45, 2.75) is 0 Å². The standard InChI is InChI=1S/C11H8ClNO2S/c1-15-10(14)5-3-7-2-4-8-9(6-7)16-11(12)13-8/h2-6H,1H3. The van der Waals surface area contributed by atoms with Gasteiger partial charge in [-0.1, -0.05) is 17.7 Å². The Morgan fingerprint density at radius 1 is 1.56 bits per heavy atom. The highest BCUT2D eigenvalue weighted by Gasteiger charge is 2.01. The fourth-order valence-electron chi connectivity index (χ4n) is 1.25. The Labute approximate surface area is 101 Å². The van der Waals surface area contributed by atoms with Gasteiger partial charge in [-0.3, -0.25) is 0 Å². The van der Waals surface area contributed by atoms with Crippen molar-refractivity contribution in [1.82, 2.24) is 4.98 Å². The SMILES string of the molecule is COC(=O)C=Cc1ccc2nc(Cl)sc2c1. The van der Waals surface area contributed by atoms with Crippen LogP contribution in [0.1, 0.15) is 5.56 Å². The summed E-state index contributed by atoms with van der Waals surface area (Å²) >= 11 is 7.21. The van der Waals surface area contributed by atoms with Crippen LogP contribution in [0.3, 0.4) is 0 Å². The van der Waals surface area contributed by atoms with Crippen molar-refractivity contribution >= 4 is 45.2 Å². The van der Waals surface area contributed by atoms with Gasteiger partial charge in [-0.2, -0.15) is 0 Å². The summed E-state index contributed by atoms with van der Waals surface area (Å²) in [4.78, 5) is 15.0. The van der Waals surface area contributed by atoms with Crippen molar-refractivity contribution in [1.29, 1.82) is 0 Å². The Balaban J connectivity index is 2.32. The summed E-state index contributed by atoms with van der Waals surface area (Å²) in [5.41, 5.74) is 1.78. The van der Waals surface area contributed by atoms with E-state index in [2.05, 4.69) is 9.72 Å². The fraction of sp³-hybridized carbons (Fsp3) is 0.0909. The van der Waals surface area contributed by atoms with Crippen molar-refractivity contribution in [2.75, 3.05) is 7.11 Å². The molecule has 1 aromatic carbocycles. The molecule has 0 radical (unpaired) electrons. The van der Waals surface area contributed by atoms with E-state index in [4.69, 9.17) is 11.6 Å². The molecule has 0 fully saturated rings. The second-order valence-electron chi connectivity index (χ2n) is 3.05. The molecule has 0 atom stereocenters. The van der Waals surface area contributed by atoms with Crippen LogP contribution in [0.2, 0.25) is 4.47 Å². The highest BCUT2D eigenvalue weighted by molar-refractivity contribution is 7.22. The molecule has 0 bridgehead atoms. The first-order chi connectivity index (χ1) is 7.69. The van der Waals surface area contributed by atoms with Crippen molar-refractivity contribution in [3.05, 3.63) is 34.3 Å². The lowest BCUT2D eigenvalue weighted by molar-refractivity contribution is -0.134. The minimum absolute atomic E-state index is 0.373. The molecule has 0 saturated carbocycles. The number of carbonyl (C=O) groups excluding carboxylic acids is 1. The number of carbonyl (C=O) groups is 1. The Kier molecular flexibility index (Phi) is 3.22. The number of nitrogens with zero attached hydrogens (tertiary/aromatic N) is 1. The molecular weight excluding hydrogens is 246 g/mol. The van der Waals surface area contributed by atoms with Crippen LogP contribution in [0.15, 0.2) is 24.3 Å². The van der Waals surface area contributed by atoms with Gasteiger partial charge in [-0.05, 0) is 23.8 Å². The van der Waals surface area contributed by atoms with Crippen molar-refractivity contribution in [3.63, 3.8) is 0 Å². The van der Waals surface area contributed by atoms with Crippen LogP contribution in [0.25, 0.3) is 16.3 Å². The molecule has 0 amide bonds. The Bertz CT molecular complexity index is 562. The number of aromatic nitrogens is 1. The normalized spacial score (nSPS) is 11.1. The maximum absolute atomic E-state index is 10.9. The topological polar surface area (TPSA) is 39.2 Å². The van der Waals surface area contributed by atoms with E-state index in [1.165, 1.54) is 24.5 Å². The zero-order valence-electron chi connectivity index (χ0n) is 8.44. The summed E-state index contributed by atoms with van der Waals surface area (Å²) in [6.45, 7) is 0. The molecule has 5 heteroatoms. The van der Waals surface area contributed by atoms with Crippen LogP contribution >= 0.6 is 22.9 Å². The van der Waals surface area contributed by atoms with Gasteiger partial charge in [0.1, 0.15) is 0 Å². The van der Waals surface area contributed by atoms with Crippen LogP contribution in [-0.2, 0) is 9.53 Å². The highest BCUT2D eigenvalue weighted by atomic mass is 35.5. The molecule has 2 aromatic rings. The molecule has 0 aliphatic carbocycles. The van der Waals surface area contributed by atoms with Crippen molar-refractivity contribution in [2.24, 2.45) is 0 Å². The molecule has 3 nitrogen and oxygen atoms in total. The van der Waals surface area contributed by atoms with E-state index in [0.717, 1.165) is 15.8 Å². The Morgan fingerprint density at radius 2 is 2.38 bits per heavy atom. The largest absolute Gasteiger partial charge is 0.466 e. The molecule has 1 aromatic heterocycles. The first-order valence-corrected chi connectivity index (χ1v) is 5.70. The second-order valence-corrected chi connectivity index (χ2v) is 4.66. The number of benzene rings is 1. The number of esters is 1. The van der Waals surface area contributed by atoms with Crippen LogP contribution in [0.4, 0.5) is 0 Å². The van der Waals surface area contributed by atoms with Gasteiger partial charge in [0, 0.05) is 6.08 Å². The quantitative estimate of drug-likeness (QED) is 0.610. The second kappa shape index (κ2) is 4.63. The molecule has 1 heterocycles. The monoisotopic (exact) mass is 253 g/mol. The van der Waals surface area contributed by atoms with Crippen LogP contribution in [0, 0.1) is 0 Å². The number of thiazole rings is 1. The Hall–Kier alpha value is -1.39. The lowest BCUT2D eigenvalue weighted by atomic mass is 10.2. The van der Waals surface area contributed by atoms with Crippen LogP contribution in [0.5, 0.6) is 0 Å². The predicted molar refractivity (Wildman–Crippen MR) is 65.7 cm³/mol. The molecule has 0 N–H and O–H groups in total. The number of fused-ring (bicyclic) bond motifs is 1. The fourth-order valence-corrected chi connectivity index (χ4v) is 2.33. The maximum Gasteiger partial charge on any atom is 0.330 e. The minimum atomic E-state index is -0.373. The first kappa shape index (κ1) is 11.1. The van der Waals surface area contributed by atoms with E-state index in [0.29, 0.717) is 4.47 Å². The van der Waals surface area contributed by atoms with Crippen molar-refractivity contribution < 1.29 is 9.53 Å². The zero-order chi connectivity index (χ0) is 11.5. The van der Waals surface area contributed by atoms with Gasteiger partial charge in [0.05, 0.1) is 17.3 Å². The minimum Gasteiger partial charge on any atom is -0.466 e. The van der Waals surface area contributed by atoms with Crippen LogP contribution < -0.4 is 0 Å². The third-order valence-corrected chi connectivity index (χ3v) is 3.12. The summed E-state index contributed by atoms with van der Waals surface area (Å²) in [7, 11) is 1.35. The molecule has 0 aliphatic heterocycles. The number of hydrogen-bond donors (Lipinski definition) is 0. The van der Waals surface area contributed by atoms with Gasteiger partial charge in [-0.25, -0.2) is 9.78 Å². The van der Waals surface area contributed by atoms with Crippen molar-refractivity contribution in [3.8, 4) is 0 Å². The number of ether oxygens (including phenoxy) is 1. The van der Waals surface area contributed by atoms with E-state index in [9.17, 15) is 4.79 Å². The summed E-state index contributed by atoms with van der Waals surface area (Å²) in [6.07, 6.45) is 3.07. The number of hydrogen-bond acceptors (Lipinski definition) is 4. The van der Waals surface area contributed by atoms with E-state index in [1.54, 1.807) is 6.08 Å². The van der Waals surface area contributed by atoms with E-state index in [-0.39, 0.29) is 5.97 Å². The molecule has 82 valence electrons. The predicted octanol–water partition coefficient (Wildman–Crippen LogP) is 3.14. The van der Waals surface area contributed by atoms with E-state index < -0.39 is 0 Å². The Morgan fingerprint density at radius 3 is 3.12 bits per heavy atom. The summed E-state index contributed by atoms with van der Waals surface area (Å²) in [5, 5.41) is 0. The van der Waals surface area contributed by atoms with Gasteiger partial charge >= 0.3 is 5.97 Å². The highest BCUT2D eigenvalue weighted by Crippen LogP contribution is 2.26. The lowest BCUT2D eigenvalue weighted by Gasteiger charge is -1.93. The molecule has 0 aliphatic rings. The number of methoxy groups -OCH3 is 1. The smallest absolute Gasteiger partial charge is 0.330 e. The number of halogens is 1. The third kappa shape index (κ3) is 2.40. The molecule has 0 spiro atoms. The summed E-state index contributed by atoms with van der Waals surface area (Å²) in [6, 6.07) is 5.67. The van der Waals surface area contributed by atoms with Gasteiger partial charge < -0.3 is 4.74 Å². The lowest BCUT2D eigenvalue weighted by Crippen LogP contribution is -1.93. The van der Waals surface area contributed by atoms with Gasteiger partial charge in [0.15, 0.2) is 4.47 Å². The summed E-state index contributed by atoms with van der Waals surface area (Å²) < 4.78 is 6.02. The van der Waals surface area contributed by atoms with E-state index in [1.807, 2.05) is 18.2 Å². The average molecular weight is 254 g/mol. The van der Waals surface area contributed by atoms with Gasteiger partial charge in [0.25, 0.3) is 0 Å².